The molecule has 80 valence electrons. The summed E-state index contributed by atoms with van der Waals surface area (Å²) >= 11 is 1.69. The van der Waals surface area contributed by atoms with Crippen LogP contribution in [-0.4, -0.2) is 10.8 Å². The molecule has 1 N–H and O–H groups in total. The molecule has 0 spiro atoms. The Balaban J connectivity index is 0. The minimum absolute atomic E-state index is 0.774. The first-order valence-electron chi connectivity index (χ1n) is 5.58. The number of nitrogens with one attached hydrogen (secondary N) is 1. The molecule has 0 bridgehead atoms. The quantitative estimate of drug-likeness (QED) is 0.510. The van der Waals surface area contributed by atoms with Gasteiger partial charge in [-0.2, -0.15) is 0 Å². The maximum absolute atomic E-state index is 6.88. The highest BCUT2D eigenvalue weighted by Crippen LogP contribution is 2.26. The monoisotopic (exact) mass is 203 g/mol. The van der Waals surface area contributed by atoms with E-state index in [1.807, 2.05) is 27.7 Å². The van der Waals surface area contributed by atoms with Gasteiger partial charge in [0.15, 0.2) is 0 Å². The van der Waals surface area contributed by atoms with Crippen molar-refractivity contribution >= 4 is 17.3 Å². The van der Waals surface area contributed by atoms with Gasteiger partial charge in [0.1, 0.15) is 0 Å². The van der Waals surface area contributed by atoms with Crippen molar-refractivity contribution in [1.29, 1.82) is 5.41 Å². The third-order valence-corrected chi connectivity index (χ3v) is 2.81. The van der Waals surface area contributed by atoms with Gasteiger partial charge >= 0.3 is 0 Å². The van der Waals surface area contributed by atoms with Crippen molar-refractivity contribution in [3.05, 3.63) is 0 Å². The van der Waals surface area contributed by atoms with E-state index in [9.17, 15) is 0 Å². The van der Waals surface area contributed by atoms with E-state index < -0.39 is 0 Å². The van der Waals surface area contributed by atoms with Crippen molar-refractivity contribution in [3.63, 3.8) is 0 Å². The van der Waals surface area contributed by atoms with Gasteiger partial charge < -0.3 is 5.41 Å². The maximum Gasteiger partial charge on any atom is 0.0509 e. The Labute approximate surface area is 88.2 Å². The van der Waals surface area contributed by atoms with E-state index in [0.29, 0.717) is 0 Å². The average molecular weight is 203 g/mol. The van der Waals surface area contributed by atoms with Crippen molar-refractivity contribution in [2.75, 3.05) is 0 Å². The lowest BCUT2D eigenvalue weighted by atomic mass is 10.0. The Morgan fingerprint density at radius 1 is 1.00 bits per heavy atom. The van der Waals surface area contributed by atoms with Gasteiger partial charge in [0.05, 0.1) is 5.55 Å². The van der Waals surface area contributed by atoms with Crippen molar-refractivity contribution in [1.82, 2.24) is 0 Å². The van der Waals surface area contributed by atoms with Gasteiger partial charge in [0, 0.05) is 5.25 Å². The lowest BCUT2D eigenvalue weighted by Gasteiger charge is -2.18. The van der Waals surface area contributed by atoms with E-state index in [1.54, 1.807) is 11.8 Å². The van der Waals surface area contributed by atoms with Crippen LogP contribution in [0.4, 0.5) is 0 Å². The summed E-state index contributed by atoms with van der Waals surface area (Å²) in [6.45, 7) is 8.00. The van der Waals surface area contributed by atoms with Crippen molar-refractivity contribution in [3.8, 4) is 0 Å². The molecule has 2 heteroatoms. The molecular formula is C11H25NS. The lowest BCUT2D eigenvalue weighted by Crippen LogP contribution is -2.07. The average Bonchev–Trinajstić information content (AvgIpc) is 2.26. The number of hydrogen-bond donors (Lipinski definition) is 1. The van der Waals surface area contributed by atoms with E-state index in [4.69, 9.17) is 5.41 Å². The van der Waals surface area contributed by atoms with Crippen LogP contribution in [0.25, 0.3) is 0 Å². The molecule has 0 aromatic heterocycles. The van der Waals surface area contributed by atoms with Gasteiger partial charge in [-0.15, -0.1) is 11.8 Å². The predicted octanol–water partition coefficient (Wildman–Crippen LogP) is 4.71. The molecule has 1 rings (SSSR count). The van der Waals surface area contributed by atoms with Crippen LogP contribution in [0.3, 0.4) is 0 Å². The van der Waals surface area contributed by atoms with Gasteiger partial charge in [-0.1, -0.05) is 47.0 Å². The second kappa shape index (κ2) is 14.5. The Hall–Kier alpha value is 0.0200. The molecular weight excluding hydrogens is 178 g/mol. The molecule has 1 nitrogen and oxygen atoms in total. The number of rotatable bonds is 2. The van der Waals surface area contributed by atoms with E-state index in [0.717, 1.165) is 5.25 Å². The molecule has 0 radical (unpaired) electrons. The fourth-order valence-electron chi connectivity index (χ4n) is 1.30. The van der Waals surface area contributed by atoms with Crippen molar-refractivity contribution < 1.29 is 0 Å². The van der Waals surface area contributed by atoms with Gasteiger partial charge in [-0.25, -0.2) is 0 Å². The first-order valence-corrected chi connectivity index (χ1v) is 6.52. The molecule has 1 fully saturated rings. The lowest BCUT2D eigenvalue weighted by molar-refractivity contribution is 0.517. The normalized spacial score (nSPS) is 16.0. The third-order valence-electron chi connectivity index (χ3n) is 1.81. The van der Waals surface area contributed by atoms with Gasteiger partial charge in [0.25, 0.3) is 0 Å². The number of hydrogen-bond acceptors (Lipinski definition) is 2. The molecule has 1 aliphatic rings. The summed E-state index contributed by atoms with van der Waals surface area (Å²) in [7, 11) is 0. The maximum atomic E-state index is 6.88. The summed E-state index contributed by atoms with van der Waals surface area (Å²) < 4.78 is 0. The molecule has 13 heavy (non-hydrogen) atoms. The zero-order valence-corrected chi connectivity index (χ0v) is 10.4. The van der Waals surface area contributed by atoms with Crippen molar-refractivity contribution in [2.45, 2.75) is 65.0 Å². The van der Waals surface area contributed by atoms with Crippen LogP contribution in [0.5, 0.6) is 0 Å². The van der Waals surface area contributed by atoms with Crippen LogP contribution in [0, 0.1) is 5.41 Å². The van der Waals surface area contributed by atoms with Crippen LogP contribution in [0.1, 0.15) is 59.8 Å². The molecule has 0 amide bonds. The van der Waals surface area contributed by atoms with E-state index >= 15 is 0 Å². The highest BCUT2D eigenvalue weighted by molar-refractivity contribution is 8.12. The first kappa shape index (κ1) is 15.5. The van der Waals surface area contributed by atoms with Crippen LogP contribution in [-0.2, 0) is 0 Å². The van der Waals surface area contributed by atoms with Crippen molar-refractivity contribution in [2.24, 2.45) is 0 Å². The van der Waals surface area contributed by atoms with Gasteiger partial charge in [-0.3, -0.25) is 0 Å². The molecule has 1 saturated carbocycles. The molecule has 0 atom stereocenters. The predicted molar refractivity (Wildman–Crippen MR) is 65.9 cm³/mol. The SMILES string of the molecule is CC.CC.N=CSC1CCCCC1. The van der Waals surface area contributed by atoms with E-state index in [-0.39, 0.29) is 0 Å². The summed E-state index contributed by atoms with van der Waals surface area (Å²) in [5, 5.41) is 7.65. The standard InChI is InChI=1S/C7H13NS.2C2H6/c8-6-9-7-4-2-1-3-5-7;2*1-2/h6-8H,1-5H2;2*1-2H3. The smallest absolute Gasteiger partial charge is 0.0509 e. The van der Waals surface area contributed by atoms with Crippen LogP contribution < -0.4 is 0 Å². The summed E-state index contributed by atoms with van der Waals surface area (Å²) in [6.07, 6.45) is 6.84. The van der Waals surface area contributed by atoms with E-state index in [2.05, 4.69) is 0 Å². The molecule has 0 aromatic carbocycles. The Morgan fingerprint density at radius 3 is 1.85 bits per heavy atom. The second-order valence-corrected chi connectivity index (χ2v) is 3.69. The fraction of sp³-hybridized carbons (Fsp3) is 0.909. The van der Waals surface area contributed by atoms with Crippen LogP contribution in [0.2, 0.25) is 0 Å². The number of thioether (sulfide) groups is 1. The highest BCUT2D eigenvalue weighted by Gasteiger charge is 2.11. The van der Waals surface area contributed by atoms with Gasteiger partial charge in [0.2, 0.25) is 0 Å². The Bertz CT molecular complexity index is 88.1. The summed E-state index contributed by atoms with van der Waals surface area (Å²) in [5.74, 6) is 0. The fourth-order valence-corrected chi connectivity index (χ4v) is 2.10. The minimum atomic E-state index is 0.774. The molecule has 0 unspecified atom stereocenters. The summed E-state index contributed by atoms with van der Waals surface area (Å²) in [5.41, 5.74) is 1.48. The van der Waals surface area contributed by atoms with Crippen LogP contribution >= 0.6 is 11.8 Å². The van der Waals surface area contributed by atoms with E-state index in [1.165, 1.54) is 37.7 Å². The Kier molecular flexibility index (Phi) is 17.3. The molecule has 1 aliphatic carbocycles. The highest BCUT2D eigenvalue weighted by atomic mass is 32.2. The topological polar surface area (TPSA) is 23.9 Å². The zero-order chi connectivity index (χ0) is 10.5. The van der Waals surface area contributed by atoms with Gasteiger partial charge in [-0.05, 0) is 12.8 Å². The molecule has 0 saturated heterocycles. The second-order valence-electron chi connectivity index (χ2n) is 2.51. The third kappa shape index (κ3) is 9.94. The Morgan fingerprint density at radius 2 is 1.46 bits per heavy atom. The summed E-state index contributed by atoms with van der Waals surface area (Å²) in [4.78, 5) is 0. The minimum Gasteiger partial charge on any atom is -0.302 e. The molecule has 0 heterocycles. The molecule has 0 aromatic rings. The largest absolute Gasteiger partial charge is 0.302 e. The zero-order valence-electron chi connectivity index (χ0n) is 9.60. The molecule has 0 aliphatic heterocycles. The van der Waals surface area contributed by atoms with Crippen LogP contribution in [0.15, 0.2) is 0 Å². The summed E-state index contributed by atoms with van der Waals surface area (Å²) in [6, 6.07) is 0. The first-order chi connectivity index (χ1) is 6.43.